The number of anilines is 1. The molecule has 0 spiro atoms. The van der Waals surface area contributed by atoms with E-state index in [9.17, 15) is 25.0 Å². The molecule has 1 aliphatic heterocycles. The first-order valence-corrected chi connectivity index (χ1v) is 9.58. The van der Waals surface area contributed by atoms with Gasteiger partial charge in [0.2, 0.25) is 0 Å². The maximum absolute atomic E-state index is 12.6. The van der Waals surface area contributed by atoms with Crippen LogP contribution in [0.25, 0.3) is 10.2 Å². The minimum Gasteiger partial charge on any atom is -0.345 e. The second kappa shape index (κ2) is 7.43. The summed E-state index contributed by atoms with van der Waals surface area (Å²) in [4.78, 5) is 41.7. The maximum Gasteiger partial charge on any atom is 0.270 e. The average Bonchev–Trinajstić information content (AvgIpc) is 3.16. The first-order valence-electron chi connectivity index (χ1n) is 8.76. The van der Waals surface area contributed by atoms with Crippen LogP contribution in [0.3, 0.4) is 0 Å². The number of benzene rings is 2. The molecule has 0 unspecified atom stereocenters. The molecule has 1 fully saturated rings. The lowest BCUT2D eigenvalue weighted by Crippen LogP contribution is -2.48. The molecule has 2 heterocycles. The van der Waals surface area contributed by atoms with E-state index in [1.165, 1.54) is 47.7 Å². The normalized spacial score (nSPS) is 14.2. The number of hydrogen-bond donors (Lipinski definition) is 0. The smallest absolute Gasteiger partial charge is 0.270 e. The van der Waals surface area contributed by atoms with E-state index in [2.05, 4.69) is 9.88 Å². The van der Waals surface area contributed by atoms with E-state index in [0.717, 1.165) is 9.83 Å². The maximum atomic E-state index is 12.6. The number of non-ortho nitro benzene ring substituents is 2. The Kier molecular flexibility index (Phi) is 4.80. The largest absolute Gasteiger partial charge is 0.345 e. The second-order valence-corrected chi connectivity index (χ2v) is 7.50. The molecule has 2 aromatic carbocycles. The van der Waals surface area contributed by atoms with Gasteiger partial charge >= 0.3 is 0 Å². The van der Waals surface area contributed by atoms with Gasteiger partial charge in [0.05, 0.1) is 20.1 Å². The molecular weight excluding hydrogens is 398 g/mol. The first kappa shape index (κ1) is 18.7. The van der Waals surface area contributed by atoms with Crippen LogP contribution in [0.1, 0.15) is 10.4 Å². The molecule has 29 heavy (non-hydrogen) atoms. The van der Waals surface area contributed by atoms with Crippen LogP contribution in [-0.4, -0.2) is 51.8 Å². The fraction of sp³-hybridized carbons (Fsp3) is 0.222. The molecule has 1 aromatic heterocycles. The van der Waals surface area contributed by atoms with E-state index >= 15 is 0 Å². The summed E-state index contributed by atoms with van der Waals surface area (Å²) < 4.78 is 0.749. The van der Waals surface area contributed by atoms with Crippen LogP contribution in [0.5, 0.6) is 0 Å². The van der Waals surface area contributed by atoms with Crippen molar-refractivity contribution in [1.82, 2.24) is 9.88 Å². The number of thiazole rings is 1. The predicted molar refractivity (Wildman–Crippen MR) is 107 cm³/mol. The lowest BCUT2D eigenvalue weighted by molar-refractivity contribution is -0.385. The van der Waals surface area contributed by atoms with Crippen LogP contribution < -0.4 is 4.90 Å². The Bertz CT molecular complexity index is 1110. The molecule has 0 aliphatic carbocycles. The molecule has 0 N–H and O–H groups in total. The highest BCUT2D eigenvalue weighted by molar-refractivity contribution is 7.22. The van der Waals surface area contributed by atoms with Crippen LogP contribution in [0.15, 0.2) is 42.5 Å². The molecule has 11 heteroatoms. The fourth-order valence-corrected chi connectivity index (χ4v) is 4.21. The van der Waals surface area contributed by atoms with Gasteiger partial charge in [-0.2, -0.15) is 0 Å². The lowest BCUT2D eigenvalue weighted by Gasteiger charge is -2.34. The standard InChI is InChI=1S/C18H15N5O5S/c24-17(12-1-3-13(4-2-12)22(25)26)20-7-9-21(10-8-20)18-19-15-6-5-14(23(27)28)11-16(15)29-18/h1-6,11H,7-10H2. The summed E-state index contributed by atoms with van der Waals surface area (Å²) in [6, 6.07) is 10.2. The van der Waals surface area contributed by atoms with Gasteiger partial charge in [0.25, 0.3) is 17.3 Å². The van der Waals surface area contributed by atoms with Gasteiger partial charge in [0, 0.05) is 56.0 Å². The lowest BCUT2D eigenvalue weighted by atomic mass is 10.1. The van der Waals surface area contributed by atoms with Crippen molar-refractivity contribution >= 4 is 44.0 Å². The number of piperazine rings is 1. The molecule has 0 radical (unpaired) electrons. The molecular formula is C18H15N5O5S. The Labute approximate surface area is 168 Å². The molecule has 0 bridgehead atoms. The Morgan fingerprint density at radius 1 is 0.931 bits per heavy atom. The zero-order valence-electron chi connectivity index (χ0n) is 15.1. The van der Waals surface area contributed by atoms with Crippen LogP contribution in [0.4, 0.5) is 16.5 Å². The number of hydrogen-bond acceptors (Lipinski definition) is 8. The number of carbonyl (C=O) groups is 1. The van der Waals surface area contributed by atoms with Gasteiger partial charge in [0.1, 0.15) is 0 Å². The summed E-state index contributed by atoms with van der Waals surface area (Å²) >= 11 is 1.39. The highest BCUT2D eigenvalue weighted by atomic mass is 32.1. The van der Waals surface area contributed by atoms with Crippen LogP contribution in [-0.2, 0) is 0 Å². The SMILES string of the molecule is O=C(c1ccc([N+](=O)[O-])cc1)N1CCN(c2nc3ccc([N+](=O)[O-])cc3s2)CC1. The zero-order valence-corrected chi connectivity index (χ0v) is 15.9. The molecule has 4 rings (SSSR count). The summed E-state index contributed by atoms with van der Waals surface area (Å²) in [6.45, 7) is 2.15. The Hall–Kier alpha value is -3.60. The van der Waals surface area contributed by atoms with E-state index in [4.69, 9.17) is 0 Å². The van der Waals surface area contributed by atoms with Crippen molar-refractivity contribution in [3.63, 3.8) is 0 Å². The minimum atomic E-state index is -0.500. The summed E-state index contributed by atoms with van der Waals surface area (Å²) in [5, 5.41) is 22.4. The quantitative estimate of drug-likeness (QED) is 0.476. The summed E-state index contributed by atoms with van der Waals surface area (Å²) in [5.74, 6) is -0.167. The van der Waals surface area contributed by atoms with Crippen molar-refractivity contribution in [1.29, 1.82) is 0 Å². The molecule has 0 atom stereocenters. The summed E-state index contributed by atoms with van der Waals surface area (Å²) in [5.41, 5.74) is 1.10. The van der Waals surface area contributed by atoms with Gasteiger partial charge in [-0.3, -0.25) is 25.0 Å². The number of rotatable bonds is 4. The number of nitro benzene ring substituents is 2. The highest BCUT2D eigenvalue weighted by Crippen LogP contribution is 2.32. The van der Waals surface area contributed by atoms with E-state index in [1.807, 2.05) is 0 Å². The van der Waals surface area contributed by atoms with Crippen LogP contribution in [0.2, 0.25) is 0 Å². The zero-order chi connectivity index (χ0) is 20.5. The predicted octanol–water partition coefficient (Wildman–Crippen LogP) is 3.08. The molecule has 0 saturated carbocycles. The second-order valence-electron chi connectivity index (χ2n) is 6.49. The van der Waals surface area contributed by atoms with Gasteiger partial charge in [-0.1, -0.05) is 11.3 Å². The third kappa shape index (κ3) is 3.72. The third-order valence-corrected chi connectivity index (χ3v) is 5.81. The number of carbonyl (C=O) groups excluding carboxylic acids is 1. The van der Waals surface area contributed by atoms with Crippen LogP contribution in [0, 0.1) is 20.2 Å². The van der Waals surface area contributed by atoms with Crippen molar-refractivity contribution in [2.75, 3.05) is 31.1 Å². The van der Waals surface area contributed by atoms with Crippen molar-refractivity contribution in [2.24, 2.45) is 0 Å². The molecule has 148 valence electrons. The Balaban J connectivity index is 1.43. The third-order valence-electron chi connectivity index (χ3n) is 4.73. The Morgan fingerprint density at radius 3 is 2.17 bits per heavy atom. The Morgan fingerprint density at radius 2 is 1.55 bits per heavy atom. The van der Waals surface area contributed by atoms with Gasteiger partial charge in [-0.05, 0) is 18.2 Å². The van der Waals surface area contributed by atoms with E-state index in [-0.39, 0.29) is 17.3 Å². The van der Waals surface area contributed by atoms with Gasteiger partial charge in [0.15, 0.2) is 5.13 Å². The highest BCUT2D eigenvalue weighted by Gasteiger charge is 2.24. The molecule has 1 saturated heterocycles. The number of nitrogens with zero attached hydrogens (tertiary/aromatic N) is 5. The van der Waals surface area contributed by atoms with Crippen molar-refractivity contribution in [3.8, 4) is 0 Å². The average molecular weight is 413 g/mol. The van der Waals surface area contributed by atoms with Crippen molar-refractivity contribution < 1.29 is 14.6 Å². The van der Waals surface area contributed by atoms with Crippen molar-refractivity contribution in [2.45, 2.75) is 0 Å². The van der Waals surface area contributed by atoms with Crippen molar-refractivity contribution in [3.05, 3.63) is 68.3 Å². The number of fused-ring (bicyclic) bond motifs is 1. The van der Waals surface area contributed by atoms with E-state index in [0.29, 0.717) is 37.3 Å². The number of nitro groups is 2. The topological polar surface area (TPSA) is 123 Å². The van der Waals surface area contributed by atoms with Gasteiger partial charge in [-0.15, -0.1) is 0 Å². The molecule has 1 amide bonds. The fourth-order valence-electron chi connectivity index (χ4n) is 3.16. The number of amides is 1. The monoisotopic (exact) mass is 413 g/mol. The number of aromatic nitrogens is 1. The first-order chi connectivity index (χ1) is 13.9. The van der Waals surface area contributed by atoms with E-state index < -0.39 is 9.85 Å². The molecule has 3 aromatic rings. The summed E-state index contributed by atoms with van der Waals surface area (Å²) in [7, 11) is 0. The van der Waals surface area contributed by atoms with Gasteiger partial charge < -0.3 is 9.80 Å². The van der Waals surface area contributed by atoms with Gasteiger partial charge in [-0.25, -0.2) is 4.98 Å². The molecule has 10 nitrogen and oxygen atoms in total. The van der Waals surface area contributed by atoms with E-state index in [1.54, 1.807) is 11.0 Å². The summed E-state index contributed by atoms with van der Waals surface area (Å²) in [6.07, 6.45) is 0. The van der Waals surface area contributed by atoms with Crippen LogP contribution >= 0.6 is 11.3 Å². The molecule has 1 aliphatic rings. The minimum absolute atomic E-state index is 0.0335.